The van der Waals surface area contributed by atoms with Crippen LogP contribution in [0.15, 0.2) is 53.4 Å². The lowest BCUT2D eigenvalue weighted by Crippen LogP contribution is -2.06. The highest BCUT2D eigenvalue weighted by Crippen LogP contribution is 2.15. The molecule has 2 rings (SSSR count). The van der Waals surface area contributed by atoms with E-state index in [-0.39, 0.29) is 11.5 Å². The van der Waals surface area contributed by atoms with Crippen LogP contribution in [0.1, 0.15) is 16.7 Å². The lowest BCUT2D eigenvalue weighted by molar-refractivity contribution is 0.185. The number of rotatable bonds is 6. The van der Waals surface area contributed by atoms with Gasteiger partial charge >= 0.3 is 0 Å². The molecular formula is C16H18O4S. The summed E-state index contributed by atoms with van der Waals surface area (Å²) in [5.74, 6) is 0. The Morgan fingerprint density at radius 1 is 0.857 bits per heavy atom. The van der Waals surface area contributed by atoms with Crippen molar-refractivity contribution in [2.24, 2.45) is 0 Å². The van der Waals surface area contributed by atoms with Gasteiger partial charge in [-0.15, -0.1) is 0 Å². The standard InChI is InChI=1S/C16H18O4S/c1-13-3-9-16(10-4-13)21(17,18)20-12-15-7-5-14(6-8-15)11-19-2/h3-10H,11-12H2,1-2H3. The first-order chi connectivity index (χ1) is 10.0. The molecule has 21 heavy (non-hydrogen) atoms. The predicted molar refractivity (Wildman–Crippen MR) is 80.3 cm³/mol. The zero-order chi connectivity index (χ0) is 15.3. The highest BCUT2D eigenvalue weighted by atomic mass is 32.2. The second-order valence-corrected chi connectivity index (χ2v) is 6.39. The summed E-state index contributed by atoms with van der Waals surface area (Å²) in [4.78, 5) is 0.170. The molecule has 0 N–H and O–H groups in total. The van der Waals surface area contributed by atoms with Crippen molar-refractivity contribution in [2.45, 2.75) is 25.0 Å². The van der Waals surface area contributed by atoms with Crippen molar-refractivity contribution in [3.63, 3.8) is 0 Å². The van der Waals surface area contributed by atoms with Gasteiger partial charge in [0.1, 0.15) is 0 Å². The Hall–Kier alpha value is -1.69. The van der Waals surface area contributed by atoms with Crippen molar-refractivity contribution >= 4 is 10.1 Å². The van der Waals surface area contributed by atoms with E-state index >= 15 is 0 Å². The van der Waals surface area contributed by atoms with Gasteiger partial charge in [0.15, 0.2) is 0 Å². The molecular weight excluding hydrogens is 288 g/mol. The van der Waals surface area contributed by atoms with Crippen LogP contribution in [0.2, 0.25) is 0 Å². The zero-order valence-corrected chi connectivity index (χ0v) is 12.9. The molecule has 0 heterocycles. The van der Waals surface area contributed by atoms with E-state index in [1.807, 2.05) is 31.2 Å². The van der Waals surface area contributed by atoms with Crippen molar-refractivity contribution in [1.29, 1.82) is 0 Å². The maximum absolute atomic E-state index is 12.0. The molecule has 0 saturated carbocycles. The third-order valence-electron chi connectivity index (χ3n) is 3.02. The predicted octanol–water partition coefficient (Wildman–Crippen LogP) is 3.05. The quantitative estimate of drug-likeness (QED) is 0.770. The topological polar surface area (TPSA) is 52.6 Å². The molecule has 2 aromatic rings. The van der Waals surface area contributed by atoms with E-state index in [2.05, 4.69) is 0 Å². The molecule has 0 amide bonds. The highest BCUT2D eigenvalue weighted by Gasteiger charge is 2.14. The largest absolute Gasteiger partial charge is 0.380 e. The highest BCUT2D eigenvalue weighted by molar-refractivity contribution is 7.86. The van der Waals surface area contributed by atoms with Gasteiger partial charge < -0.3 is 4.74 Å². The molecule has 0 aromatic heterocycles. The smallest absolute Gasteiger partial charge is 0.297 e. The fourth-order valence-corrected chi connectivity index (χ4v) is 2.71. The molecule has 0 aliphatic heterocycles. The Labute approximate surface area is 125 Å². The molecule has 0 saturated heterocycles. The van der Waals surface area contributed by atoms with Crippen molar-refractivity contribution in [2.75, 3.05) is 7.11 Å². The number of aryl methyl sites for hydroxylation is 1. The first-order valence-corrected chi connectivity index (χ1v) is 7.95. The minimum atomic E-state index is -3.72. The second-order valence-electron chi connectivity index (χ2n) is 4.78. The van der Waals surface area contributed by atoms with E-state index in [0.29, 0.717) is 6.61 Å². The Morgan fingerprint density at radius 3 is 1.90 bits per heavy atom. The van der Waals surface area contributed by atoms with Gasteiger partial charge in [0.2, 0.25) is 0 Å². The number of hydrogen-bond acceptors (Lipinski definition) is 4. The SMILES string of the molecule is COCc1ccc(COS(=O)(=O)c2ccc(C)cc2)cc1. The molecule has 0 spiro atoms. The van der Waals surface area contributed by atoms with Gasteiger partial charge in [-0.05, 0) is 30.2 Å². The summed E-state index contributed by atoms with van der Waals surface area (Å²) in [7, 11) is -2.09. The molecule has 0 atom stereocenters. The number of hydrogen-bond donors (Lipinski definition) is 0. The summed E-state index contributed by atoms with van der Waals surface area (Å²) in [5, 5.41) is 0. The minimum Gasteiger partial charge on any atom is -0.380 e. The average Bonchev–Trinajstić information content (AvgIpc) is 2.47. The first-order valence-electron chi connectivity index (χ1n) is 6.54. The van der Waals surface area contributed by atoms with Gasteiger partial charge in [-0.25, -0.2) is 0 Å². The third kappa shape index (κ3) is 4.39. The summed E-state index contributed by atoms with van der Waals surface area (Å²) >= 11 is 0. The van der Waals surface area contributed by atoms with E-state index in [9.17, 15) is 8.42 Å². The molecule has 112 valence electrons. The summed E-state index contributed by atoms with van der Waals surface area (Å²) in [6.45, 7) is 2.45. The average molecular weight is 306 g/mol. The number of benzene rings is 2. The van der Waals surface area contributed by atoms with E-state index in [0.717, 1.165) is 16.7 Å². The summed E-state index contributed by atoms with van der Waals surface area (Å²) in [6, 6.07) is 14.0. The van der Waals surface area contributed by atoms with Crippen molar-refractivity contribution in [1.82, 2.24) is 0 Å². The van der Waals surface area contributed by atoms with E-state index in [1.54, 1.807) is 31.4 Å². The molecule has 0 fully saturated rings. The summed E-state index contributed by atoms with van der Waals surface area (Å²) < 4.78 is 34.2. The van der Waals surface area contributed by atoms with E-state index in [1.165, 1.54) is 0 Å². The maximum atomic E-state index is 12.0. The summed E-state index contributed by atoms with van der Waals surface area (Å²) in [6.07, 6.45) is 0. The lowest BCUT2D eigenvalue weighted by atomic mass is 10.1. The van der Waals surface area contributed by atoms with Crippen LogP contribution in [-0.2, 0) is 32.3 Å². The normalized spacial score (nSPS) is 11.5. The van der Waals surface area contributed by atoms with Gasteiger partial charge in [0, 0.05) is 7.11 Å². The van der Waals surface area contributed by atoms with Crippen molar-refractivity contribution in [3.05, 3.63) is 65.2 Å². The monoisotopic (exact) mass is 306 g/mol. The molecule has 0 aliphatic carbocycles. The Kier molecular flexibility index (Phi) is 5.12. The first kappa shape index (κ1) is 15.7. The van der Waals surface area contributed by atoms with Crippen molar-refractivity contribution < 1.29 is 17.3 Å². The van der Waals surface area contributed by atoms with Crippen LogP contribution in [-0.4, -0.2) is 15.5 Å². The van der Waals surface area contributed by atoms with E-state index in [4.69, 9.17) is 8.92 Å². The lowest BCUT2D eigenvalue weighted by Gasteiger charge is -2.07. The molecule has 0 unspecified atom stereocenters. The van der Waals surface area contributed by atoms with Crippen LogP contribution in [0, 0.1) is 6.92 Å². The van der Waals surface area contributed by atoms with Crippen LogP contribution in [0.25, 0.3) is 0 Å². The van der Waals surface area contributed by atoms with Crippen LogP contribution < -0.4 is 0 Å². The molecule has 4 nitrogen and oxygen atoms in total. The van der Waals surface area contributed by atoms with Crippen LogP contribution in [0.3, 0.4) is 0 Å². The minimum absolute atomic E-state index is 0.0173. The van der Waals surface area contributed by atoms with Crippen LogP contribution in [0.4, 0.5) is 0 Å². The fourth-order valence-electron chi connectivity index (χ4n) is 1.82. The molecule has 0 radical (unpaired) electrons. The Balaban J connectivity index is 2.02. The van der Waals surface area contributed by atoms with Gasteiger partial charge in [-0.3, -0.25) is 4.18 Å². The molecule has 2 aromatic carbocycles. The van der Waals surface area contributed by atoms with Gasteiger partial charge in [-0.2, -0.15) is 8.42 Å². The maximum Gasteiger partial charge on any atom is 0.297 e. The zero-order valence-electron chi connectivity index (χ0n) is 12.1. The molecule has 0 bridgehead atoms. The van der Waals surface area contributed by atoms with Gasteiger partial charge in [0.05, 0.1) is 18.1 Å². The van der Waals surface area contributed by atoms with Crippen LogP contribution in [0.5, 0.6) is 0 Å². The molecule has 0 aliphatic rings. The fraction of sp³-hybridized carbons (Fsp3) is 0.250. The van der Waals surface area contributed by atoms with Gasteiger partial charge in [-0.1, -0.05) is 42.0 Å². The second kappa shape index (κ2) is 6.85. The van der Waals surface area contributed by atoms with Crippen molar-refractivity contribution in [3.8, 4) is 0 Å². The molecule has 5 heteroatoms. The Bertz CT molecular complexity index is 673. The summed E-state index contributed by atoms with van der Waals surface area (Å²) in [5.41, 5.74) is 2.83. The number of ether oxygens (including phenoxy) is 1. The van der Waals surface area contributed by atoms with Gasteiger partial charge in [0.25, 0.3) is 10.1 Å². The number of methoxy groups -OCH3 is 1. The third-order valence-corrected chi connectivity index (χ3v) is 4.30. The van der Waals surface area contributed by atoms with E-state index < -0.39 is 10.1 Å². The Morgan fingerprint density at radius 2 is 1.38 bits per heavy atom. The van der Waals surface area contributed by atoms with Crippen LogP contribution >= 0.6 is 0 Å².